The first-order chi connectivity index (χ1) is 9.31. The molecule has 0 aromatic heterocycles. The summed E-state index contributed by atoms with van der Waals surface area (Å²) in [5.41, 5.74) is 6.43. The fraction of sp³-hybridized carbons (Fsp3) is 0.538. The molecule has 112 valence electrons. The lowest BCUT2D eigenvalue weighted by Crippen LogP contribution is -2.45. The zero-order chi connectivity index (χ0) is 14.9. The van der Waals surface area contributed by atoms with Gasteiger partial charge in [-0.05, 0) is 37.5 Å². The summed E-state index contributed by atoms with van der Waals surface area (Å²) in [7, 11) is -3.71. The van der Waals surface area contributed by atoms with Gasteiger partial charge in [-0.1, -0.05) is 24.4 Å². The van der Waals surface area contributed by atoms with E-state index in [1.165, 1.54) is 12.1 Å². The maximum Gasteiger partial charge on any atom is 0.241 e. The maximum atomic E-state index is 12.4. The van der Waals surface area contributed by atoms with E-state index in [1.54, 1.807) is 6.92 Å². The molecule has 20 heavy (non-hydrogen) atoms. The molecule has 0 spiro atoms. The molecule has 0 unspecified atom stereocenters. The Kier molecular flexibility index (Phi) is 4.59. The molecule has 1 aromatic rings. The third kappa shape index (κ3) is 3.25. The Morgan fingerprint density at radius 1 is 1.35 bits per heavy atom. The van der Waals surface area contributed by atoms with Crippen LogP contribution in [-0.2, 0) is 10.0 Å². The number of halogens is 1. The van der Waals surface area contributed by atoms with Crippen LogP contribution in [0, 0.1) is 6.92 Å². The van der Waals surface area contributed by atoms with Crippen LogP contribution < -0.4 is 10.5 Å². The molecule has 0 radical (unpaired) electrons. The summed E-state index contributed by atoms with van der Waals surface area (Å²) in [6.07, 6.45) is 2.46. The van der Waals surface area contributed by atoms with Gasteiger partial charge in [0, 0.05) is 6.04 Å². The minimum absolute atomic E-state index is 0.108. The van der Waals surface area contributed by atoms with Crippen LogP contribution in [0.4, 0.5) is 5.69 Å². The zero-order valence-electron chi connectivity index (χ0n) is 11.3. The van der Waals surface area contributed by atoms with Crippen molar-refractivity contribution in [1.82, 2.24) is 4.72 Å². The molecule has 1 aromatic carbocycles. The van der Waals surface area contributed by atoms with Crippen molar-refractivity contribution >= 4 is 27.3 Å². The van der Waals surface area contributed by atoms with E-state index >= 15 is 0 Å². The van der Waals surface area contributed by atoms with E-state index in [2.05, 4.69) is 4.72 Å². The molecule has 0 heterocycles. The number of rotatable bonds is 3. The Morgan fingerprint density at radius 2 is 2.00 bits per heavy atom. The molecule has 0 amide bonds. The lowest BCUT2D eigenvalue weighted by molar-refractivity contribution is 0.101. The molecule has 1 saturated carbocycles. The number of hydrogen-bond acceptors (Lipinski definition) is 4. The van der Waals surface area contributed by atoms with Crippen LogP contribution >= 0.6 is 11.6 Å². The van der Waals surface area contributed by atoms with Crippen molar-refractivity contribution in [3.05, 3.63) is 22.7 Å². The number of benzene rings is 1. The molecular weight excluding hydrogens is 300 g/mol. The van der Waals surface area contributed by atoms with Crippen LogP contribution in [0.2, 0.25) is 5.02 Å². The molecule has 1 aliphatic carbocycles. The van der Waals surface area contributed by atoms with Gasteiger partial charge in [-0.3, -0.25) is 0 Å². The van der Waals surface area contributed by atoms with Crippen molar-refractivity contribution in [2.75, 3.05) is 5.73 Å². The van der Waals surface area contributed by atoms with Gasteiger partial charge >= 0.3 is 0 Å². The summed E-state index contributed by atoms with van der Waals surface area (Å²) in [6, 6.07) is 2.45. The lowest BCUT2D eigenvalue weighted by Gasteiger charge is -2.28. The van der Waals surface area contributed by atoms with Crippen molar-refractivity contribution in [3.63, 3.8) is 0 Å². The van der Waals surface area contributed by atoms with Crippen LogP contribution in [0.15, 0.2) is 17.0 Å². The highest BCUT2D eigenvalue weighted by molar-refractivity contribution is 7.89. The zero-order valence-corrected chi connectivity index (χ0v) is 12.8. The van der Waals surface area contributed by atoms with Crippen LogP contribution in [0.5, 0.6) is 0 Å². The summed E-state index contributed by atoms with van der Waals surface area (Å²) in [6.45, 7) is 1.66. The van der Waals surface area contributed by atoms with E-state index in [0.717, 1.165) is 12.8 Å². The first-order valence-corrected chi connectivity index (χ1v) is 8.43. The first kappa shape index (κ1) is 15.6. The van der Waals surface area contributed by atoms with E-state index in [4.69, 9.17) is 17.3 Å². The number of hydrogen-bond donors (Lipinski definition) is 3. The largest absolute Gasteiger partial charge is 0.397 e. The predicted molar refractivity (Wildman–Crippen MR) is 79.2 cm³/mol. The number of anilines is 1. The van der Waals surface area contributed by atoms with E-state index < -0.39 is 22.2 Å². The Balaban J connectivity index is 2.28. The van der Waals surface area contributed by atoms with Gasteiger partial charge in [0.25, 0.3) is 0 Å². The molecule has 1 aliphatic rings. The SMILES string of the molecule is Cc1cc(Cl)c(N)cc1S(=O)(=O)N[C@@H]1CCCC[C@H]1O. The highest BCUT2D eigenvalue weighted by Gasteiger charge is 2.29. The number of aliphatic hydroxyl groups excluding tert-OH is 1. The van der Waals surface area contributed by atoms with Crippen molar-refractivity contribution < 1.29 is 13.5 Å². The lowest BCUT2D eigenvalue weighted by atomic mass is 9.93. The Hall–Kier alpha value is -0.820. The summed E-state index contributed by atoms with van der Waals surface area (Å²) in [4.78, 5) is 0.108. The second-order valence-corrected chi connectivity index (χ2v) is 7.31. The molecule has 7 heteroatoms. The molecule has 1 fully saturated rings. The van der Waals surface area contributed by atoms with Crippen LogP contribution in [-0.4, -0.2) is 25.7 Å². The minimum Gasteiger partial charge on any atom is -0.397 e. The fourth-order valence-electron chi connectivity index (χ4n) is 2.47. The van der Waals surface area contributed by atoms with Crippen molar-refractivity contribution in [1.29, 1.82) is 0 Å². The van der Waals surface area contributed by atoms with Crippen LogP contribution in [0.1, 0.15) is 31.2 Å². The van der Waals surface area contributed by atoms with Crippen LogP contribution in [0.3, 0.4) is 0 Å². The number of aliphatic hydroxyl groups is 1. The maximum absolute atomic E-state index is 12.4. The van der Waals surface area contributed by atoms with E-state index in [1.807, 2.05) is 0 Å². The average Bonchev–Trinajstić information content (AvgIpc) is 2.36. The Morgan fingerprint density at radius 3 is 2.65 bits per heavy atom. The number of nitrogen functional groups attached to an aromatic ring is 1. The Labute approximate surface area is 124 Å². The fourth-order valence-corrected chi connectivity index (χ4v) is 4.25. The van der Waals surface area contributed by atoms with E-state index in [9.17, 15) is 13.5 Å². The quantitative estimate of drug-likeness (QED) is 0.741. The number of nitrogens with two attached hydrogens (primary N) is 1. The topological polar surface area (TPSA) is 92.4 Å². The minimum atomic E-state index is -3.71. The van der Waals surface area contributed by atoms with Gasteiger partial charge in [-0.2, -0.15) is 0 Å². The van der Waals surface area contributed by atoms with Gasteiger partial charge in [0.05, 0.1) is 21.7 Å². The Bertz CT molecular complexity index is 604. The molecule has 2 rings (SSSR count). The molecular formula is C13H19ClN2O3S. The van der Waals surface area contributed by atoms with Crippen molar-refractivity contribution in [2.24, 2.45) is 0 Å². The van der Waals surface area contributed by atoms with Gasteiger partial charge in [0.1, 0.15) is 0 Å². The third-order valence-electron chi connectivity index (χ3n) is 3.62. The van der Waals surface area contributed by atoms with Gasteiger partial charge in [0.15, 0.2) is 0 Å². The molecule has 4 N–H and O–H groups in total. The highest BCUT2D eigenvalue weighted by atomic mass is 35.5. The molecule has 5 nitrogen and oxygen atoms in total. The van der Waals surface area contributed by atoms with Crippen molar-refractivity contribution in [3.8, 4) is 0 Å². The highest BCUT2D eigenvalue weighted by Crippen LogP contribution is 2.27. The second kappa shape index (κ2) is 5.89. The average molecular weight is 319 g/mol. The van der Waals surface area contributed by atoms with Gasteiger partial charge < -0.3 is 10.8 Å². The normalized spacial score (nSPS) is 23.8. The van der Waals surface area contributed by atoms with Gasteiger partial charge in [-0.15, -0.1) is 0 Å². The van der Waals surface area contributed by atoms with Gasteiger partial charge in [0.2, 0.25) is 10.0 Å². The summed E-state index contributed by atoms with van der Waals surface area (Å²) < 4.78 is 27.4. The number of aryl methyl sites for hydroxylation is 1. The standard InChI is InChI=1S/C13H19ClN2O3S/c1-8-6-9(14)10(15)7-13(8)20(18,19)16-11-4-2-3-5-12(11)17/h6-7,11-12,16-17H,2-5,15H2,1H3/t11-,12-/m1/s1. The molecule has 0 aliphatic heterocycles. The third-order valence-corrected chi connectivity index (χ3v) is 5.58. The smallest absolute Gasteiger partial charge is 0.241 e. The molecule has 0 saturated heterocycles. The predicted octanol–water partition coefficient (Wildman–Crippen LogP) is 1.81. The van der Waals surface area contributed by atoms with Gasteiger partial charge in [-0.25, -0.2) is 13.1 Å². The second-order valence-electron chi connectivity index (χ2n) is 5.22. The number of sulfonamides is 1. The number of nitrogens with one attached hydrogen (secondary N) is 1. The van der Waals surface area contributed by atoms with E-state index in [-0.39, 0.29) is 10.6 Å². The summed E-state index contributed by atoms with van der Waals surface area (Å²) in [5, 5.41) is 10.2. The monoisotopic (exact) mass is 318 g/mol. The first-order valence-electron chi connectivity index (χ1n) is 6.57. The molecule has 2 atom stereocenters. The van der Waals surface area contributed by atoms with Crippen LogP contribution in [0.25, 0.3) is 0 Å². The van der Waals surface area contributed by atoms with E-state index in [0.29, 0.717) is 23.4 Å². The summed E-state index contributed by atoms with van der Waals surface area (Å²) >= 11 is 5.87. The summed E-state index contributed by atoms with van der Waals surface area (Å²) in [5.74, 6) is 0. The van der Waals surface area contributed by atoms with Crippen molar-refractivity contribution in [2.45, 2.75) is 49.6 Å². The molecule has 0 bridgehead atoms.